The zero-order valence-corrected chi connectivity index (χ0v) is 7.08. The largest absolute Gasteiger partial charge is 0.360 e. The number of aromatic amines is 1. The third-order valence-electron chi connectivity index (χ3n) is 2.14. The number of aldehydes is 1. The Morgan fingerprint density at radius 1 is 1.46 bits per heavy atom. The van der Waals surface area contributed by atoms with E-state index in [1.165, 1.54) is 0 Å². The lowest BCUT2D eigenvalue weighted by Gasteiger charge is -1.96. The average Bonchev–Trinajstić information content (AvgIpc) is 2.59. The molecule has 1 aromatic heterocycles. The van der Waals surface area contributed by atoms with Crippen molar-refractivity contribution in [2.45, 2.75) is 6.54 Å². The molecule has 0 radical (unpaired) electrons. The summed E-state index contributed by atoms with van der Waals surface area (Å²) in [5.74, 6) is 0. The van der Waals surface area contributed by atoms with E-state index in [0.717, 1.165) is 22.8 Å². The molecule has 66 valence electrons. The Kier molecular flexibility index (Phi) is 1.87. The SMILES string of the molecule is NCc1ccc2c(C=O)c[nH]c2c1. The quantitative estimate of drug-likeness (QED) is 0.677. The smallest absolute Gasteiger partial charge is 0.152 e. The molecule has 3 heteroatoms. The van der Waals surface area contributed by atoms with Crippen molar-refractivity contribution in [3.8, 4) is 0 Å². The fourth-order valence-electron chi connectivity index (χ4n) is 1.42. The van der Waals surface area contributed by atoms with Crippen LogP contribution in [0.15, 0.2) is 24.4 Å². The van der Waals surface area contributed by atoms with Crippen molar-refractivity contribution in [2.75, 3.05) is 0 Å². The number of nitrogens with one attached hydrogen (secondary N) is 1. The van der Waals surface area contributed by atoms with Gasteiger partial charge in [0, 0.05) is 29.2 Å². The zero-order chi connectivity index (χ0) is 9.26. The first-order chi connectivity index (χ1) is 6.35. The van der Waals surface area contributed by atoms with Crippen molar-refractivity contribution in [1.82, 2.24) is 4.98 Å². The minimum absolute atomic E-state index is 0.519. The van der Waals surface area contributed by atoms with Crippen molar-refractivity contribution in [1.29, 1.82) is 0 Å². The molecule has 0 unspecified atom stereocenters. The number of hydrogen-bond acceptors (Lipinski definition) is 2. The van der Waals surface area contributed by atoms with E-state index in [9.17, 15) is 4.79 Å². The summed E-state index contributed by atoms with van der Waals surface area (Å²) in [5.41, 5.74) is 8.21. The molecule has 0 aliphatic heterocycles. The lowest BCUT2D eigenvalue weighted by atomic mass is 10.1. The Bertz CT molecular complexity index is 445. The van der Waals surface area contributed by atoms with Crippen molar-refractivity contribution in [3.05, 3.63) is 35.5 Å². The van der Waals surface area contributed by atoms with Crippen LogP contribution in [0.3, 0.4) is 0 Å². The first kappa shape index (κ1) is 8.01. The molecule has 1 heterocycles. The normalized spacial score (nSPS) is 10.5. The molecule has 2 aromatic rings. The van der Waals surface area contributed by atoms with E-state index in [1.54, 1.807) is 6.20 Å². The third-order valence-corrected chi connectivity index (χ3v) is 2.14. The highest BCUT2D eigenvalue weighted by Crippen LogP contribution is 2.17. The summed E-state index contributed by atoms with van der Waals surface area (Å²) in [7, 11) is 0. The van der Waals surface area contributed by atoms with Gasteiger partial charge in [-0.05, 0) is 11.6 Å². The number of rotatable bonds is 2. The predicted molar refractivity (Wildman–Crippen MR) is 51.6 cm³/mol. The highest BCUT2D eigenvalue weighted by Gasteiger charge is 2.01. The van der Waals surface area contributed by atoms with E-state index < -0.39 is 0 Å². The number of nitrogens with two attached hydrogens (primary N) is 1. The summed E-state index contributed by atoms with van der Waals surface area (Å²) in [5, 5.41) is 0.951. The number of carbonyl (C=O) groups excluding carboxylic acids is 1. The molecule has 3 nitrogen and oxygen atoms in total. The number of benzene rings is 1. The second-order valence-electron chi connectivity index (χ2n) is 2.95. The fraction of sp³-hybridized carbons (Fsp3) is 0.100. The lowest BCUT2D eigenvalue weighted by molar-refractivity contribution is 0.112. The molecule has 0 saturated carbocycles. The Labute approximate surface area is 75.6 Å². The second kappa shape index (κ2) is 3.03. The van der Waals surface area contributed by atoms with E-state index >= 15 is 0 Å². The zero-order valence-electron chi connectivity index (χ0n) is 7.08. The van der Waals surface area contributed by atoms with E-state index in [4.69, 9.17) is 5.73 Å². The number of fused-ring (bicyclic) bond motifs is 1. The summed E-state index contributed by atoms with van der Waals surface area (Å²) in [6, 6.07) is 5.81. The van der Waals surface area contributed by atoms with Gasteiger partial charge in [0.1, 0.15) is 0 Å². The maximum Gasteiger partial charge on any atom is 0.152 e. The Balaban J connectivity index is 2.67. The van der Waals surface area contributed by atoms with Crippen LogP contribution in [0, 0.1) is 0 Å². The maximum absolute atomic E-state index is 10.6. The average molecular weight is 174 g/mol. The van der Waals surface area contributed by atoms with Crippen molar-refractivity contribution in [3.63, 3.8) is 0 Å². The van der Waals surface area contributed by atoms with Crippen LogP contribution in [-0.4, -0.2) is 11.3 Å². The summed E-state index contributed by atoms with van der Waals surface area (Å²) in [6.45, 7) is 0.519. The lowest BCUT2D eigenvalue weighted by Crippen LogP contribution is -1.95. The van der Waals surface area contributed by atoms with Gasteiger partial charge in [0.25, 0.3) is 0 Å². The first-order valence-corrected chi connectivity index (χ1v) is 4.10. The topological polar surface area (TPSA) is 58.9 Å². The Morgan fingerprint density at radius 2 is 2.31 bits per heavy atom. The molecule has 0 bridgehead atoms. The van der Waals surface area contributed by atoms with E-state index in [0.29, 0.717) is 12.1 Å². The van der Waals surface area contributed by atoms with Crippen molar-refractivity contribution in [2.24, 2.45) is 5.73 Å². The molecule has 13 heavy (non-hydrogen) atoms. The van der Waals surface area contributed by atoms with Gasteiger partial charge in [-0.15, -0.1) is 0 Å². The van der Waals surface area contributed by atoms with Gasteiger partial charge in [0.15, 0.2) is 6.29 Å². The molecule has 0 aliphatic rings. The molecular formula is C10H10N2O. The van der Waals surface area contributed by atoms with E-state index in [-0.39, 0.29) is 0 Å². The Hall–Kier alpha value is -1.61. The summed E-state index contributed by atoms with van der Waals surface area (Å²) < 4.78 is 0. The minimum atomic E-state index is 0.519. The molecule has 0 saturated heterocycles. The number of H-pyrrole nitrogens is 1. The number of hydrogen-bond donors (Lipinski definition) is 2. The monoisotopic (exact) mass is 174 g/mol. The van der Waals surface area contributed by atoms with Gasteiger partial charge in [0.2, 0.25) is 0 Å². The molecule has 1 aromatic carbocycles. The maximum atomic E-state index is 10.6. The van der Waals surface area contributed by atoms with Gasteiger partial charge in [0.05, 0.1) is 0 Å². The van der Waals surface area contributed by atoms with Gasteiger partial charge in [-0.25, -0.2) is 0 Å². The highest BCUT2D eigenvalue weighted by molar-refractivity contribution is 5.97. The van der Waals surface area contributed by atoms with Gasteiger partial charge < -0.3 is 10.7 Å². The molecule has 0 atom stereocenters. The molecule has 0 spiro atoms. The van der Waals surface area contributed by atoms with Crippen LogP contribution in [-0.2, 0) is 6.54 Å². The molecule has 0 aliphatic carbocycles. The fourth-order valence-corrected chi connectivity index (χ4v) is 1.42. The summed E-state index contributed by atoms with van der Waals surface area (Å²) in [6.07, 6.45) is 2.55. The van der Waals surface area contributed by atoms with Crippen LogP contribution in [0.2, 0.25) is 0 Å². The molecule has 2 rings (SSSR count). The molecular weight excluding hydrogens is 164 g/mol. The van der Waals surface area contributed by atoms with Crippen LogP contribution < -0.4 is 5.73 Å². The van der Waals surface area contributed by atoms with Gasteiger partial charge in [-0.3, -0.25) is 4.79 Å². The number of carbonyl (C=O) groups is 1. The third kappa shape index (κ3) is 1.23. The standard InChI is InChI=1S/C10H10N2O/c11-4-7-1-2-9-8(6-13)5-12-10(9)3-7/h1-3,5-6,12H,4,11H2. The molecule has 0 fully saturated rings. The van der Waals surface area contributed by atoms with Crippen molar-refractivity contribution < 1.29 is 4.79 Å². The number of aromatic nitrogens is 1. The van der Waals surface area contributed by atoms with Crippen LogP contribution in [0.25, 0.3) is 10.9 Å². The molecule has 0 amide bonds. The predicted octanol–water partition coefficient (Wildman–Crippen LogP) is 1.44. The van der Waals surface area contributed by atoms with E-state index in [1.807, 2.05) is 18.2 Å². The highest BCUT2D eigenvalue weighted by atomic mass is 16.1. The van der Waals surface area contributed by atoms with Crippen LogP contribution in [0.4, 0.5) is 0 Å². The van der Waals surface area contributed by atoms with Gasteiger partial charge in [-0.2, -0.15) is 0 Å². The van der Waals surface area contributed by atoms with Crippen molar-refractivity contribution >= 4 is 17.2 Å². The van der Waals surface area contributed by atoms with Crippen LogP contribution in [0.5, 0.6) is 0 Å². The molecule has 3 N–H and O–H groups in total. The second-order valence-corrected chi connectivity index (χ2v) is 2.95. The van der Waals surface area contributed by atoms with Gasteiger partial charge >= 0.3 is 0 Å². The summed E-state index contributed by atoms with van der Waals surface area (Å²) >= 11 is 0. The van der Waals surface area contributed by atoms with Crippen LogP contribution in [0.1, 0.15) is 15.9 Å². The minimum Gasteiger partial charge on any atom is -0.360 e. The van der Waals surface area contributed by atoms with E-state index in [2.05, 4.69) is 4.98 Å². The van der Waals surface area contributed by atoms with Crippen LogP contribution >= 0.6 is 0 Å². The Morgan fingerprint density at radius 3 is 3.00 bits per heavy atom. The first-order valence-electron chi connectivity index (χ1n) is 4.10. The van der Waals surface area contributed by atoms with Gasteiger partial charge in [-0.1, -0.05) is 12.1 Å². The summed E-state index contributed by atoms with van der Waals surface area (Å²) in [4.78, 5) is 13.6.